The first kappa shape index (κ1) is 98.6. The van der Waals surface area contributed by atoms with Gasteiger partial charge in [-0.1, -0.05) is 0 Å². The highest BCUT2D eigenvalue weighted by Crippen LogP contribution is 2.50. The van der Waals surface area contributed by atoms with Gasteiger partial charge in [-0.2, -0.15) is 0 Å². The highest BCUT2D eigenvalue weighted by Gasteiger charge is 2.55. The predicted octanol–water partition coefficient (Wildman–Crippen LogP) is -15.7. The molecule has 56 heteroatoms. The molecule has 0 aliphatic carbocycles. The summed E-state index contributed by atoms with van der Waals surface area (Å²) in [4.78, 5) is 36.0. The summed E-state index contributed by atoms with van der Waals surface area (Å²) in [6.07, 6.45) is -82.3. The van der Waals surface area contributed by atoms with Gasteiger partial charge in [-0.25, -0.2) is 29.9 Å². The number of hydrogen-bond acceptors (Lipinski definition) is 54. The van der Waals surface area contributed by atoms with Crippen molar-refractivity contribution >= 4 is 44.1 Å². The van der Waals surface area contributed by atoms with Crippen LogP contribution in [0.2, 0.25) is 0 Å². The number of rotatable bonds is 24. The highest BCUT2D eigenvalue weighted by molar-refractivity contribution is 6.08. The predicted molar refractivity (Wildman–Crippen MR) is 431 cm³/mol. The standard InChI is InChI=1S/C80H98N8O48/c89-9-33-41(97)49(105)57(113)73(129-33)121-25-1-17-18(2-26(25)122-74-58(114)50(106)42(98)34(10-90)130-74)66-81-65(17)85-67-19-3-27(123-75-59(115)51(107)43(99)35(11-91)131-75)28(124-76-60(116)52(108)44(100)36(12-92)132-76)4-20(19)69(82-67)87-71-23-7-31(127-79-63(119)55(111)47(103)39(15-95)135-79)32(128-80-64(120)56(112)48(104)40(16-96)136-80)8-24(23)72(84-71)88-70-22-6-30(126-78-62(118)54(110)46(102)38(14-94)134-78)29(5-21(22)68(83-70)86-66)125-77-61(117)53(109)45(101)37(13-93)133-77/h1-8,33-64,73-80,89-120H,9-16H2,(H2,81,82,83,84,85,86,87,88)/t33-,34-,35-,36-,37-,38-,39-,40-,41+,42+,43+,44+,45+,46+,47+,48+,49+,50+,51+,52+,53+,54+,55+,56+,57-,58-,59-,60-,61-,62-,63-,64-,73+,74+,75+,76+,77+,78+,79+,80+/m1/s1. The lowest BCUT2D eigenvalue weighted by atomic mass is 9.99. The quantitative estimate of drug-likeness (QED) is 0.0267. The maximum absolute atomic E-state index is 11.6. The number of aliphatic hydroxyl groups is 32. The van der Waals surface area contributed by atoms with Gasteiger partial charge in [0.2, 0.25) is 50.3 Å². The topological polar surface area (TPSA) is 904 Å². The maximum atomic E-state index is 11.6. The van der Waals surface area contributed by atoms with E-state index in [1.165, 1.54) is 0 Å². The minimum Gasteiger partial charge on any atom is -0.458 e. The second-order valence-electron chi connectivity index (χ2n) is 33.5. The van der Waals surface area contributed by atoms with Crippen molar-refractivity contribution < 1.29 is 239 Å². The molecule has 0 amide bonds. The molecule has 10 aliphatic heterocycles. The molecule has 7 aromatic rings. The van der Waals surface area contributed by atoms with E-state index in [2.05, 4.69) is 9.97 Å². The molecule has 13 heterocycles. The number of benzene rings is 4. The van der Waals surface area contributed by atoms with E-state index in [9.17, 15) is 163 Å². The molecule has 0 spiro atoms. The molecule has 17 rings (SSSR count). The largest absolute Gasteiger partial charge is 0.458 e. The Kier molecular flexibility index (Phi) is 28.7. The molecule has 0 saturated carbocycles. The van der Waals surface area contributed by atoms with E-state index in [-0.39, 0.29) is 43.8 Å². The Bertz CT molecular complexity index is 4950. The molecule has 8 fully saturated rings. The van der Waals surface area contributed by atoms with Crippen LogP contribution in [0.25, 0.3) is 89.7 Å². The first-order valence-corrected chi connectivity index (χ1v) is 42.3. The monoisotopic (exact) mass is 1940 g/mol. The zero-order valence-electron chi connectivity index (χ0n) is 69.9. The van der Waals surface area contributed by atoms with E-state index >= 15 is 0 Å². The van der Waals surface area contributed by atoms with Crippen molar-refractivity contribution in [3.63, 3.8) is 0 Å². The summed E-state index contributed by atoms with van der Waals surface area (Å²) in [5, 5.41) is 353. The first-order chi connectivity index (χ1) is 64.9. The van der Waals surface area contributed by atoms with E-state index in [4.69, 9.17) is 106 Å². The smallest absolute Gasteiger partial charge is 0.229 e. The van der Waals surface area contributed by atoms with Crippen molar-refractivity contribution in [3.05, 3.63) is 48.5 Å². The Morgan fingerprint density at radius 3 is 0.449 bits per heavy atom. The fourth-order valence-electron chi connectivity index (χ4n) is 16.9. The summed E-state index contributed by atoms with van der Waals surface area (Å²) in [6, 6.07) is 8.34. The molecule has 10 aliphatic rings. The third-order valence-electron chi connectivity index (χ3n) is 24.8. The minimum absolute atomic E-state index is 0.283. The van der Waals surface area contributed by atoms with E-state index in [1.807, 2.05) is 0 Å². The van der Waals surface area contributed by atoms with Gasteiger partial charge in [-0.05, 0) is 48.5 Å². The van der Waals surface area contributed by atoms with Gasteiger partial charge in [0.1, 0.15) is 218 Å². The second kappa shape index (κ2) is 39.6. The molecule has 8 saturated heterocycles. The zero-order chi connectivity index (χ0) is 97.2. The van der Waals surface area contributed by atoms with Crippen LogP contribution < -0.4 is 37.9 Å². The van der Waals surface area contributed by atoms with Crippen LogP contribution in [0.1, 0.15) is 0 Å². The Morgan fingerprint density at radius 2 is 0.316 bits per heavy atom. The number of hydrogen-bond donors (Lipinski definition) is 34. The molecule has 746 valence electrons. The average molecular weight is 1940 g/mol. The van der Waals surface area contributed by atoms with E-state index in [1.54, 1.807) is 0 Å². The summed E-state index contributed by atoms with van der Waals surface area (Å²) in [5.41, 5.74) is -3.19. The lowest BCUT2D eigenvalue weighted by molar-refractivity contribution is -0.282. The third kappa shape index (κ3) is 18.0. The van der Waals surface area contributed by atoms with E-state index in [0.717, 1.165) is 48.5 Å². The van der Waals surface area contributed by atoms with Crippen molar-refractivity contribution in [2.45, 2.75) is 246 Å². The number of aliphatic hydroxyl groups excluding tert-OH is 32. The number of aromatic amines is 2. The fraction of sp³-hybridized carbons (Fsp3) is 0.600. The van der Waals surface area contributed by atoms with Crippen molar-refractivity contribution in [2.24, 2.45) is 0 Å². The van der Waals surface area contributed by atoms with Crippen molar-refractivity contribution in [1.82, 2.24) is 39.9 Å². The molecule has 40 atom stereocenters. The fourth-order valence-corrected chi connectivity index (χ4v) is 16.9. The van der Waals surface area contributed by atoms with Gasteiger partial charge in [0, 0.05) is 43.8 Å². The summed E-state index contributed by atoms with van der Waals surface area (Å²) < 4.78 is 96.7. The molecule has 8 bridgehead atoms. The summed E-state index contributed by atoms with van der Waals surface area (Å²) >= 11 is 0. The molecule has 4 aromatic carbocycles. The number of aromatic nitrogens is 8. The molecular weight excluding hydrogens is 1840 g/mol. The maximum Gasteiger partial charge on any atom is 0.229 e. The van der Waals surface area contributed by atoms with Crippen LogP contribution in [0.15, 0.2) is 48.5 Å². The highest BCUT2D eigenvalue weighted by atomic mass is 16.8. The molecule has 3 aromatic heterocycles. The van der Waals surface area contributed by atoms with Crippen LogP contribution in [0.5, 0.6) is 46.0 Å². The van der Waals surface area contributed by atoms with Crippen LogP contribution in [-0.2, 0) is 37.9 Å². The SMILES string of the molecule is OC[C@H]1O[C@H](Oc2cc3c(cc2O[C@H]2O[C@H](CO)[C@H](O)[C@H](O)[C@H]2O)-c2nc-3nc3[nH]c(nc4nc(nc5[nH]c(n2)c2cc(O[C@H]6O[C@H](CO)[C@H](O)[C@H](O)[C@H]6O)c(O[C@H]6O[C@H](CO)[C@H](O)[C@H](O)[C@H]6O)cc52)-c2cc(O[C@H]5O[C@H](CO)[C@H](O)[C@H](O)[C@H]5O)c(O[C@H]5O[C@H](CO)[C@H](O)[C@H](O)[C@H]5O)cc2-4)c2cc(O[C@H]4O[C@H](CO)[C@H](O)[C@H](O)[C@H]4O)c(O[C@H]4O[C@H](CO)[C@H](O)[C@H](O)[C@H]4O)cc32)[C@H](O)[C@@H](O)[C@H]1O. The molecule has 136 heavy (non-hydrogen) atoms. The zero-order valence-corrected chi connectivity index (χ0v) is 69.9. The minimum atomic E-state index is -2.25. The Morgan fingerprint density at radius 1 is 0.184 bits per heavy atom. The normalized spacial score (nSPS) is 39.2. The van der Waals surface area contributed by atoms with Crippen LogP contribution in [0.4, 0.5) is 0 Å². The van der Waals surface area contributed by atoms with Crippen molar-refractivity contribution in [3.8, 4) is 91.5 Å². The van der Waals surface area contributed by atoms with Crippen LogP contribution in [0, 0.1) is 0 Å². The van der Waals surface area contributed by atoms with Gasteiger partial charge < -0.3 is 249 Å². The Balaban J connectivity index is 0.991. The van der Waals surface area contributed by atoms with Gasteiger partial charge in [0.05, 0.1) is 52.9 Å². The van der Waals surface area contributed by atoms with Crippen molar-refractivity contribution in [1.29, 1.82) is 0 Å². The average Bonchev–Trinajstić information content (AvgIpc) is 1.58. The van der Waals surface area contributed by atoms with Gasteiger partial charge in [0.25, 0.3) is 0 Å². The number of H-pyrrole nitrogens is 2. The third-order valence-corrected chi connectivity index (χ3v) is 24.8. The molecule has 34 N–H and O–H groups in total. The molecular formula is C80H98N8O48. The van der Waals surface area contributed by atoms with Gasteiger partial charge in [-0.3, -0.25) is 0 Å². The Labute approximate surface area is 759 Å². The Hall–Kier alpha value is -8.96. The van der Waals surface area contributed by atoms with Gasteiger partial charge >= 0.3 is 0 Å². The second-order valence-corrected chi connectivity index (χ2v) is 33.5. The lowest BCUT2D eigenvalue weighted by Gasteiger charge is -2.41. The molecule has 0 radical (unpaired) electrons. The summed E-state index contributed by atoms with van der Waals surface area (Å²) in [5.74, 6) is -7.70. The van der Waals surface area contributed by atoms with Crippen LogP contribution >= 0.6 is 0 Å². The number of fused-ring (bicyclic) bond motifs is 20. The number of nitrogens with zero attached hydrogens (tertiary/aromatic N) is 6. The van der Waals surface area contributed by atoms with E-state index < -0.39 is 390 Å². The molecule has 0 unspecified atom stereocenters. The summed E-state index contributed by atoms with van der Waals surface area (Å²) in [7, 11) is 0. The first-order valence-electron chi connectivity index (χ1n) is 42.3. The number of ether oxygens (including phenoxy) is 16. The van der Waals surface area contributed by atoms with Crippen molar-refractivity contribution in [2.75, 3.05) is 52.9 Å². The van der Waals surface area contributed by atoms with Crippen LogP contribution in [0.3, 0.4) is 0 Å². The van der Waals surface area contributed by atoms with E-state index in [0.29, 0.717) is 0 Å². The van der Waals surface area contributed by atoms with Crippen LogP contribution in [-0.4, -0.2) is 502 Å². The summed E-state index contributed by atoms with van der Waals surface area (Å²) in [6.45, 7) is -8.26. The van der Waals surface area contributed by atoms with Gasteiger partial charge in [-0.15, -0.1) is 0 Å². The van der Waals surface area contributed by atoms with Gasteiger partial charge in [0.15, 0.2) is 69.3 Å². The lowest BCUT2D eigenvalue weighted by Crippen LogP contribution is -2.60. The number of nitrogens with one attached hydrogen (secondary N) is 2. The molecule has 56 nitrogen and oxygen atoms in total.